The summed E-state index contributed by atoms with van der Waals surface area (Å²) in [5.74, 6) is 3.01. The molecule has 3 aliphatic carbocycles. The monoisotopic (exact) mass is 686 g/mol. The Labute approximate surface area is 292 Å². The molecule has 0 aliphatic heterocycles. The van der Waals surface area contributed by atoms with E-state index < -0.39 is 11.5 Å². The number of aryl methyl sites for hydroxylation is 2. The molecule has 260 valence electrons. The van der Waals surface area contributed by atoms with E-state index >= 15 is 0 Å². The third-order valence-electron chi connectivity index (χ3n) is 12.1. The summed E-state index contributed by atoms with van der Waals surface area (Å²) in [5.41, 5.74) is 4.45. The van der Waals surface area contributed by atoms with Crippen LogP contribution in [0.5, 0.6) is 5.75 Å². The predicted octanol–water partition coefficient (Wildman–Crippen LogP) is 7.57. The Balaban J connectivity index is 0.998. The van der Waals surface area contributed by atoms with Crippen molar-refractivity contribution in [2.45, 2.75) is 102 Å². The number of hydrogen-bond acceptors (Lipinski definition) is 5. The number of halogens is 2. The molecule has 2 saturated carbocycles. The fourth-order valence-electron chi connectivity index (χ4n) is 9.53. The fourth-order valence-corrected chi connectivity index (χ4v) is 9.94. The van der Waals surface area contributed by atoms with Gasteiger partial charge < -0.3 is 25.5 Å². The summed E-state index contributed by atoms with van der Waals surface area (Å²) < 4.78 is 0. The third kappa shape index (κ3) is 8.25. The number of amides is 1. The number of phenols is 1. The van der Waals surface area contributed by atoms with Crippen molar-refractivity contribution < 1.29 is 20.1 Å². The van der Waals surface area contributed by atoms with Gasteiger partial charge in [0.2, 0.25) is 5.91 Å². The zero-order chi connectivity index (χ0) is 33.4. The van der Waals surface area contributed by atoms with Gasteiger partial charge in [-0.05, 0) is 122 Å². The number of carbonyl (C=O) groups excluding carboxylic acids is 1. The van der Waals surface area contributed by atoms with Gasteiger partial charge in [-0.1, -0.05) is 44.4 Å². The zero-order valence-electron chi connectivity index (χ0n) is 28.2. The van der Waals surface area contributed by atoms with Crippen LogP contribution in [0.4, 0.5) is 5.69 Å². The highest BCUT2D eigenvalue weighted by Gasteiger charge is 2.63. The lowest BCUT2D eigenvalue weighted by Crippen LogP contribution is -2.46. The van der Waals surface area contributed by atoms with E-state index in [4.69, 9.17) is 23.2 Å². The number of nitrogens with zero attached hydrogens (tertiary/aromatic N) is 1. The quantitative estimate of drug-likeness (QED) is 0.102. The van der Waals surface area contributed by atoms with Crippen molar-refractivity contribution in [3.05, 3.63) is 59.2 Å². The topological polar surface area (TPSA) is 93.0 Å². The number of carbonyl (C=O) groups is 1. The van der Waals surface area contributed by atoms with Crippen LogP contribution in [0.3, 0.4) is 0 Å². The highest BCUT2D eigenvalue weighted by Crippen LogP contribution is 2.66. The molecule has 0 heterocycles. The van der Waals surface area contributed by atoms with Crippen LogP contribution in [0.15, 0.2) is 42.5 Å². The summed E-state index contributed by atoms with van der Waals surface area (Å²) in [6.07, 6.45) is 11.6. The summed E-state index contributed by atoms with van der Waals surface area (Å²) in [5, 5.41) is 35.6. The number of anilines is 1. The first-order valence-corrected chi connectivity index (χ1v) is 19.1. The molecule has 4 N–H and O–H groups in total. The van der Waals surface area contributed by atoms with Crippen LogP contribution >= 0.6 is 23.2 Å². The maximum Gasteiger partial charge on any atom is 0.220 e. The number of hydrogen-bond donors (Lipinski definition) is 4. The number of aliphatic hydroxyl groups is 2. The van der Waals surface area contributed by atoms with E-state index in [9.17, 15) is 20.1 Å². The Morgan fingerprint density at radius 2 is 1.74 bits per heavy atom. The van der Waals surface area contributed by atoms with Gasteiger partial charge >= 0.3 is 0 Å². The molecule has 6 nitrogen and oxygen atoms in total. The van der Waals surface area contributed by atoms with Crippen molar-refractivity contribution in [1.29, 1.82) is 0 Å². The predicted molar refractivity (Wildman–Crippen MR) is 193 cm³/mol. The Hall–Kier alpha value is -1.99. The zero-order valence-corrected chi connectivity index (χ0v) is 29.8. The van der Waals surface area contributed by atoms with Gasteiger partial charge in [-0.2, -0.15) is 0 Å². The Morgan fingerprint density at radius 1 is 1.00 bits per heavy atom. The van der Waals surface area contributed by atoms with E-state index in [-0.39, 0.29) is 17.9 Å². The average molecular weight is 688 g/mol. The molecule has 0 aromatic heterocycles. The van der Waals surface area contributed by atoms with Crippen LogP contribution in [0, 0.1) is 22.7 Å². The molecule has 8 heteroatoms. The van der Waals surface area contributed by atoms with E-state index in [1.54, 1.807) is 0 Å². The van der Waals surface area contributed by atoms with Gasteiger partial charge in [0.1, 0.15) is 5.75 Å². The summed E-state index contributed by atoms with van der Waals surface area (Å²) >= 11 is 11.9. The van der Waals surface area contributed by atoms with Crippen molar-refractivity contribution in [3.8, 4) is 5.75 Å². The van der Waals surface area contributed by atoms with E-state index in [2.05, 4.69) is 47.5 Å². The standard InChI is InChI=1S/C39H56Cl2N2O4/c1-38-19-17-33-32-16-14-31(45)25-29(32)11-15-34(33)35(38)26-39(27-44,37(38)47)18-4-2-3-5-22-42-36(46)8-6-7-28-9-12-30(13-10-28)43(23-20-40)24-21-41/h9-10,12-14,16,25,33-35,37,44-45,47H,2-8,11,15,17-24,26-27H2,1H3,(H,42,46)/t33-,34-,35+,37-,38+,39-/m1/s1. The number of aromatic hydroxyl groups is 1. The highest BCUT2D eigenvalue weighted by molar-refractivity contribution is 6.18. The molecular formula is C39H56Cl2N2O4. The summed E-state index contributed by atoms with van der Waals surface area (Å²) in [6, 6.07) is 14.4. The number of alkyl halides is 2. The fraction of sp³-hybridized carbons (Fsp3) is 0.667. The number of unbranched alkanes of at least 4 members (excludes halogenated alkanes) is 3. The molecular weight excluding hydrogens is 631 g/mol. The van der Waals surface area contributed by atoms with Crippen LogP contribution in [0.1, 0.15) is 100 Å². The number of aliphatic hydroxyl groups excluding tert-OH is 2. The molecule has 1 amide bonds. The second-order valence-electron chi connectivity index (χ2n) is 14.9. The Morgan fingerprint density at radius 3 is 2.47 bits per heavy atom. The number of rotatable bonds is 17. The minimum absolute atomic E-state index is 0.0445. The van der Waals surface area contributed by atoms with Crippen LogP contribution < -0.4 is 10.2 Å². The van der Waals surface area contributed by atoms with Crippen LogP contribution in [0.25, 0.3) is 0 Å². The minimum atomic E-state index is -0.481. The molecule has 6 atom stereocenters. The van der Waals surface area contributed by atoms with Crippen LogP contribution in [-0.2, 0) is 17.6 Å². The van der Waals surface area contributed by atoms with Crippen molar-refractivity contribution in [1.82, 2.24) is 5.32 Å². The summed E-state index contributed by atoms with van der Waals surface area (Å²) in [7, 11) is 0. The van der Waals surface area contributed by atoms with Crippen molar-refractivity contribution in [2.24, 2.45) is 22.7 Å². The van der Waals surface area contributed by atoms with Gasteiger partial charge in [0.25, 0.3) is 0 Å². The van der Waals surface area contributed by atoms with Crippen molar-refractivity contribution in [2.75, 3.05) is 42.9 Å². The number of benzene rings is 2. The number of fused-ring (bicyclic) bond motifs is 5. The lowest BCUT2D eigenvalue weighted by atomic mass is 9.55. The van der Waals surface area contributed by atoms with Gasteiger partial charge in [-0.25, -0.2) is 0 Å². The summed E-state index contributed by atoms with van der Waals surface area (Å²) in [4.78, 5) is 14.6. The van der Waals surface area contributed by atoms with Gasteiger partial charge in [0, 0.05) is 48.9 Å². The minimum Gasteiger partial charge on any atom is -0.508 e. The molecule has 0 spiro atoms. The van der Waals surface area contributed by atoms with Crippen molar-refractivity contribution >= 4 is 34.8 Å². The highest BCUT2D eigenvalue weighted by atomic mass is 35.5. The molecule has 0 saturated heterocycles. The number of nitrogens with one attached hydrogen (secondary N) is 1. The van der Waals surface area contributed by atoms with Gasteiger partial charge in [-0.3, -0.25) is 4.79 Å². The molecule has 5 rings (SSSR count). The Bertz CT molecular complexity index is 1300. The molecule has 2 fully saturated rings. The normalized spacial score (nSPS) is 27.9. The SMILES string of the molecule is C[C@]12CC[C@@H]3c4ccc(O)cc4CC[C@H]3[C@@H]1C[C@@](CO)(CCCCCCNC(=O)CCCc1ccc(N(CCCl)CCCl)cc1)[C@@H]2O. The smallest absolute Gasteiger partial charge is 0.220 e. The lowest BCUT2D eigenvalue weighted by Gasteiger charge is -2.50. The Kier molecular flexibility index (Phi) is 12.8. The van der Waals surface area contributed by atoms with Crippen molar-refractivity contribution in [3.63, 3.8) is 0 Å². The van der Waals surface area contributed by atoms with E-state index in [0.29, 0.717) is 48.2 Å². The maximum atomic E-state index is 12.4. The van der Waals surface area contributed by atoms with Crippen LogP contribution in [0.2, 0.25) is 0 Å². The lowest BCUT2D eigenvalue weighted by molar-refractivity contribution is -0.121. The van der Waals surface area contributed by atoms with Gasteiger partial charge in [0.05, 0.1) is 12.7 Å². The summed E-state index contributed by atoms with van der Waals surface area (Å²) in [6.45, 7) is 4.56. The first-order valence-electron chi connectivity index (χ1n) is 18.1. The first-order chi connectivity index (χ1) is 22.7. The average Bonchev–Trinajstić information content (AvgIpc) is 3.30. The molecule has 0 unspecified atom stereocenters. The molecule has 0 radical (unpaired) electrons. The molecule has 3 aliphatic rings. The molecule has 47 heavy (non-hydrogen) atoms. The third-order valence-corrected chi connectivity index (χ3v) is 12.4. The van der Waals surface area contributed by atoms with E-state index in [1.165, 1.54) is 16.7 Å². The largest absolute Gasteiger partial charge is 0.508 e. The molecule has 2 aromatic rings. The van der Waals surface area contributed by atoms with Gasteiger partial charge in [-0.15, -0.1) is 23.2 Å². The molecule has 2 aromatic carbocycles. The van der Waals surface area contributed by atoms with Gasteiger partial charge in [0.15, 0.2) is 0 Å². The first kappa shape index (κ1) is 36.3. The second kappa shape index (κ2) is 16.6. The number of phenolic OH excluding ortho intramolecular Hbond substituents is 1. The second-order valence-corrected chi connectivity index (χ2v) is 15.6. The maximum absolute atomic E-state index is 12.4. The van der Waals surface area contributed by atoms with E-state index in [1.807, 2.05) is 12.1 Å². The van der Waals surface area contributed by atoms with E-state index in [0.717, 1.165) is 95.8 Å². The van der Waals surface area contributed by atoms with Crippen LogP contribution in [-0.4, -0.2) is 65.3 Å². The molecule has 0 bridgehead atoms.